The third-order valence-electron chi connectivity index (χ3n) is 5.08. The van der Waals surface area contributed by atoms with Crippen molar-refractivity contribution in [1.82, 2.24) is 14.9 Å². The third kappa shape index (κ3) is 7.72. The number of aromatic nitrogens is 2. The summed E-state index contributed by atoms with van der Waals surface area (Å²) in [6.07, 6.45) is -2.86. The number of nitrogens with zero attached hydrogens (tertiary/aromatic N) is 4. The molecule has 2 aromatic rings. The van der Waals surface area contributed by atoms with Crippen LogP contribution in [0.25, 0.3) is 0 Å². The largest absolute Gasteiger partial charge is 0.573 e. The number of oxime groups is 1. The summed E-state index contributed by atoms with van der Waals surface area (Å²) in [6, 6.07) is 5.26. The van der Waals surface area contributed by atoms with Crippen molar-refractivity contribution in [2.24, 2.45) is 5.16 Å². The van der Waals surface area contributed by atoms with E-state index in [9.17, 15) is 18.0 Å². The minimum absolute atomic E-state index is 0.137. The van der Waals surface area contributed by atoms with Crippen LogP contribution in [0, 0.1) is 6.92 Å². The molecule has 1 aliphatic heterocycles. The molecule has 2 heterocycles. The molecule has 0 bridgehead atoms. The second-order valence-electron chi connectivity index (χ2n) is 8.19. The van der Waals surface area contributed by atoms with Gasteiger partial charge in [-0.15, -0.1) is 13.2 Å². The fourth-order valence-electron chi connectivity index (χ4n) is 3.28. The molecule has 0 spiro atoms. The van der Waals surface area contributed by atoms with Crippen molar-refractivity contribution in [2.45, 2.75) is 59.1 Å². The first-order chi connectivity index (χ1) is 16.5. The van der Waals surface area contributed by atoms with Crippen molar-refractivity contribution in [3.63, 3.8) is 0 Å². The summed E-state index contributed by atoms with van der Waals surface area (Å²) in [7, 11) is 0. The van der Waals surface area contributed by atoms with Crippen molar-refractivity contribution < 1.29 is 37.0 Å². The fraction of sp³-hybridized carbons (Fsp3) is 0.478. The maximum atomic E-state index is 12.3. The first kappa shape index (κ1) is 26.0. The van der Waals surface area contributed by atoms with E-state index in [1.807, 2.05) is 0 Å². The predicted molar refractivity (Wildman–Crippen MR) is 120 cm³/mol. The smallest absolute Gasteiger partial charge is 0.474 e. The molecule has 0 N–H and O–H groups in total. The van der Waals surface area contributed by atoms with Gasteiger partial charge in [-0.3, -0.25) is 0 Å². The topological polar surface area (TPSA) is 95.4 Å². The molecule has 1 aliphatic rings. The zero-order valence-electron chi connectivity index (χ0n) is 19.8. The maximum Gasteiger partial charge on any atom is 0.573 e. The summed E-state index contributed by atoms with van der Waals surface area (Å²) in [5.74, 6) is 0.204. The molecule has 1 aromatic heterocycles. The van der Waals surface area contributed by atoms with E-state index in [1.54, 1.807) is 32.6 Å². The Labute approximate surface area is 200 Å². The average molecular weight is 496 g/mol. The van der Waals surface area contributed by atoms with Gasteiger partial charge in [0, 0.05) is 25.9 Å². The highest BCUT2D eigenvalue weighted by molar-refractivity contribution is 5.98. The van der Waals surface area contributed by atoms with Crippen molar-refractivity contribution in [2.75, 3.05) is 13.1 Å². The Hall–Kier alpha value is -3.57. The Morgan fingerprint density at radius 1 is 1.11 bits per heavy atom. The predicted octanol–water partition coefficient (Wildman–Crippen LogP) is 4.87. The lowest BCUT2D eigenvalue weighted by Gasteiger charge is -2.31. The number of hydrogen-bond acceptors (Lipinski definition) is 8. The summed E-state index contributed by atoms with van der Waals surface area (Å²) < 4.78 is 52.0. The molecule has 3 rings (SSSR count). The van der Waals surface area contributed by atoms with Crippen LogP contribution in [0.1, 0.15) is 44.7 Å². The van der Waals surface area contributed by atoms with Gasteiger partial charge >= 0.3 is 12.5 Å². The lowest BCUT2D eigenvalue weighted by Crippen LogP contribution is -2.42. The van der Waals surface area contributed by atoms with Crippen LogP contribution in [0.15, 0.2) is 35.7 Å². The molecule has 1 saturated heterocycles. The second kappa shape index (κ2) is 11.2. The fourth-order valence-corrected chi connectivity index (χ4v) is 3.28. The maximum absolute atomic E-state index is 12.3. The molecule has 9 nitrogen and oxygen atoms in total. The minimum Gasteiger partial charge on any atom is -0.474 e. The van der Waals surface area contributed by atoms with Crippen LogP contribution in [-0.2, 0) is 4.74 Å². The molecular weight excluding hydrogens is 469 g/mol. The van der Waals surface area contributed by atoms with Gasteiger partial charge in [0.1, 0.15) is 18.2 Å². The number of carbonyl (C=O) groups excluding carboxylic acids is 1. The summed E-state index contributed by atoms with van der Waals surface area (Å²) >= 11 is 0. The number of carbonyl (C=O) groups is 1. The highest BCUT2D eigenvalue weighted by atomic mass is 19.4. The van der Waals surface area contributed by atoms with Crippen LogP contribution >= 0.6 is 0 Å². The molecule has 1 fully saturated rings. The number of rotatable bonds is 7. The number of halogens is 3. The van der Waals surface area contributed by atoms with Gasteiger partial charge in [-0.2, -0.15) is 4.98 Å². The van der Waals surface area contributed by atoms with Crippen LogP contribution < -0.4 is 14.3 Å². The molecule has 0 unspecified atom stereocenters. The number of benzene rings is 1. The number of hydrogen-bond donors (Lipinski definition) is 0. The molecule has 0 radical (unpaired) electrons. The van der Waals surface area contributed by atoms with E-state index in [2.05, 4.69) is 19.9 Å². The molecule has 1 aromatic carbocycles. The Kier molecular flexibility index (Phi) is 8.36. The number of amides is 1. The van der Waals surface area contributed by atoms with E-state index in [4.69, 9.17) is 14.3 Å². The normalized spacial score (nSPS) is 15.2. The van der Waals surface area contributed by atoms with Crippen molar-refractivity contribution in [3.8, 4) is 17.5 Å². The van der Waals surface area contributed by atoms with Crippen molar-refractivity contribution >= 4 is 11.8 Å². The SMILES string of the molecule is C/C(=N/Oc1ncnc(OC2CCN(C(=O)OC(C)C)CC2)c1C)c1ccc(OC(F)(F)F)cc1. The van der Waals surface area contributed by atoms with E-state index in [-0.39, 0.29) is 29.9 Å². The Morgan fingerprint density at radius 3 is 2.34 bits per heavy atom. The molecule has 12 heteroatoms. The van der Waals surface area contributed by atoms with Gasteiger partial charge in [-0.1, -0.05) is 5.16 Å². The van der Waals surface area contributed by atoms with Crippen LogP contribution in [0.3, 0.4) is 0 Å². The first-order valence-electron chi connectivity index (χ1n) is 11.0. The zero-order valence-corrected chi connectivity index (χ0v) is 19.8. The quantitative estimate of drug-likeness (QED) is 0.398. The lowest BCUT2D eigenvalue weighted by molar-refractivity contribution is -0.274. The Balaban J connectivity index is 1.58. The first-order valence-corrected chi connectivity index (χ1v) is 11.0. The van der Waals surface area contributed by atoms with Gasteiger partial charge in [0.15, 0.2) is 0 Å². The monoisotopic (exact) mass is 496 g/mol. The van der Waals surface area contributed by atoms with Gasteiger partial charge < -0.3 is 23.9 Å². The lowest BCUT2D eigenvalue weighted by atomic mass is 10.1. The molecule has 1 amide bonds. The number of likely N-dealkylation sites (tertiary alicyclic amines) is 1. The van der Waals surface area contributed by atoms with Gasteiger partial charge in [0.05, 0.1) is 17.4 Å². The van der Waals surface area contributed by atoms with Crippen molar-refractivity contribution in [1.29, 1.82) is 0 Å². The van der Waals surface area contributed by atoms with E-state index in [0.717, 1.165) is 0 Å². The third-order valence-corrected chi connectivity index (χ3v) is 5.08. The van der Waals surface area contributed by atoms with Crippen molar-refractivity contribution in [3.05, 3.63) is 41.7 Å². The highest BCUT2D eigenvalue weighted by Gasteiger charge is 2.31. The highest BCUT2D eigenvalue weighted by Crippen LogP contribution is 2.27. The number of piperidine rings is 1. The number of alkyl halides is 3. The standard InChI is InChI=1S/C23H27F3N4O5/c1-14(2)32-22(31)30-11-9-18(10-12-30)33-20-15(3)21(28-13-27-20)35-29-16(4)17-5-7-19(8-6-17)34-23(24,25)26/h5-8,13-14,18H,9-12H2,1-4H3/b29-16-. The van der Waals surface area contributed by atoms with E-state index in [1.165, 1.54) is 30.6 Å². The van der Waals surface area contributed by atoms with Gasteiger partial charge in [-0.05, 0) is 57.5 Å². The molecule has 0 aliphatic carbocycles. The molecule has 35 heavy (non-hydrogen) atoms. The van der Waals surface area contributed by atoms with E-state index < -0.39 is 6.36 Å². The second-order valence-corrected chi connectivity index (χ2v) is 8.19. The van der Waals surface area contributed by atoms with Crippen LogP contribution in [0.2, 0.25) is 0 Å². The van der Waals surface area contributed by atoms with Crippen LogP contribution in [0.5, 0.6) is 17.5 Å². The number of ether oxygens (including phenoxy) is 3. The summed E-state index contributed by atoms with van der Waals surface area (Å²) in [6.45, 7) is 8.01. The van der Waals surface area contributed by atoms with Gasteiger partial charge in [0.2, 0.25) is 5.88 Å². The van der Waals surface area contributed by atoms with Gasteiger partial charge in [-0.25, -0.2) is 9.78 Å². The summed E-state index contributed by atoms with van der Waals surface area (Å²) in [4.78, 5) is 27.4. The van der Waals surface area contributed by atoms with Gasteiger partial charge in [0.25, 0.3) is 5.88 Å². The summed E-state index contributed by atoms with van der Waals surface area (Å²) in [5, 5.41) is 4.02. The zero-order chi connectivity index (χ0) is 25.6. The van der Waals surface area contributed by atoms with Crippen LogP contribution in [0.4, 0.5) is 18.0 Å². The Bertz CT molecular complexity index is 1040. The molecule has 190 valence electrons. The average Bonchev–Trinajstić information content (AvgIpc) is 2.79. The molecule has 0 atom stereocenters. The summed E-state index contributed by atoms with van der Waals surface area (Å²) in [5.41, 5.74) is 1.51. The van der Waals surface area contributed by atoms with Crippen LogP contribution in [-0.4, -0.2) is 58.3 Å². The van der Waals surface area contributed by atoms with E-state index >= 15 is 0 Å². The molecule has 0 saturated carbocycles. The molecular formula is C23H27F3N4O5. The Morgan fingerprint density at radius 2 is 1.74 bits per heavy atom. The minimum atomic E-state index is -4.76. The van der Waals surface area contributed by atoms with E-state index in [0.29, 0.717) is 48.6 Å².